The van der Waals surface area contributed by atoms with E-state index in [-0.39, 0.29) is 17.5 Å². The van der Waals surface area contributed by atoms with Crippen molar-refractivity contribution in [1.29, 1.82) is 5.26 Å². The highest BCUT2D eigenvalue weighted by atomic mass is 16.4. The first kappa shape index (κ1) is 15.7. The lowest BCUT2D eigenvalue weighted by Crippen LogP contribution is -2.36. The van der Waals surface area contributed by atoms with Gasteiger partial charge >= 0.3 is 0 Å². The number of rotatable bonds is 4. The van der Waals surface area contributed by atoms with Crippen LogP contribution in [0.1, 0.15) is 50.7 Å². The van der Waals surface area contributed by atoms with Crippen molar-refractivity contribution in [2.45, 2.75) is 51.0 Å². The Morgan fingerprint density at radius 3 is 2.65 bits per heavy atom. The minimum Gasteiger partial charge on any atom is -0.441 e. The standard InChI is InChI=1S/C18H23N3O2/c19-13-14(18(22)20-15-6-2-1-3-7-15)12-16-8-9-17(23-16)21-10-4-5-11-21/h8-9,12,15H,1-7,10-11H2,(H,20,22)/b14-12-. The fraction of sp³-hybridized carbons (Fsp3) is 0.556. The Morgan fingerprint density at radius 2 is 1.96 bits per heavy atom. The Morgan fingerprint density at radius 1 is 1.22 bits per heavy atom. The van der Waals surface area contributed by atoms with Crippen LogP contribution in [-0.2, 0) is 4.79 Å². The molecular formula is C18H23N3O2. The summed E-state index contributed by atoms with van der Waals surface area (Å²) < 4.78 is 5.76. The van der Waals surface area contributed by atoms with Crippen molar-refractivity contribution in [1.82, 2.24) is 5.32 Å². The van der Waals surface area contributed by atoms with Crippen LogP contribution in [0, 0.1) is 11.3 Å². The van der Waals surface area contributed by atoms with Crippen LogP contribution in [-0.4, -0.2) is 25.0 Å². The number of amides is 1. The average Bonchev–Trinajstić information content (AvgIpc) is 3.24. The molecule has 1 N–H and O–H groups in total. The number of nitriles is 1. The molecule has 122 valence electrons. The third-order valence-corrected chi connectivity index (χ3v) is 4.62. The monoisotopic (exact) mass is 313 g/mol. The summed E-state index contributed by atoms with van der Waals surface area (Å²) in [4.78, 5) is 14.4. The van der Waals surface area contributed by atoms with Crippen LogP contribution in [0.4, 0.5) is 5.88 Å². The van der Waals surface area contributed by atoms with E-state index in [2.05, 4.69) is 10.2 Å². The second-order valence-corrected chi connectivity index (χ2v) is 6.35. The Labute approximate surface area is 136 Å². The summed E-state index contributed by atoms with van der Waals surface area (Å²) in [5.74, 6) is 1.08. The van der Waals surface area contributed by atoms with Gasteiger partial charge in [0.1, 0.15) is 17.4 Å². The molecule has 0 aromatic carbocycles. The largest absolute Gasteiger partial charge is 0.441 e. The van der Waals surface area contributed by atoms with Crippen LogP contribution in [0.25, 0.3) is 6.08 Å². The summed E-state index contributed by atoms with van der Waals surface area (Å²) in [5, 5.41) is 12.2. The quantitative estimate of drug-likeness (QED) is 0.684. The first-order valence-corrected chi connectivity index (χ1v) is 8.54. The van der Waals surface area contributed by atoms with Gasteiger partial charge in [-0.2, -0.15) is 5.26 Å². The van der Waals surface area contributed by atoms with Crippen LogP contribution in [0.2, 0.25) is 0 Å². The molecule has 5 nitrogen and oxygen atoms in total. The van der Waals surface area contributed by atoms with Crippen molar-refractivity contribution < 1.29 is 9.21 Å². The van der Waals surface area contributed by atoms with Crippen molar-refractivity contribution in [2.24, 2.45) is 0 Å². The van der Waals surface area contributed by atoms with E-state index in [4.69, 9.17) is 4.42 Å². The second kappa shape index (κ2) is 7.36. The molecule has 0 unspecified atom stereocenters. The zero-order valence-electron chi connectivity index (χ0n) is 13.4. The Hall–Kier alpha value is -2.22. The van der Waals surface area contributed by atoms with Gasteiger partial charge in [-0.1, -0.05) is 19.3 Å². The molecule has 2 heterocycles. The number of hydrogen-bond donors (Lipinski definition) is 1. The van der Waals surface area contributed by atoms with Gasteiger partial charge in [-0.05, 0) is 31.7 Å². The van der Waals surface area contributed by atoms with Crippen molar-refractivity contribution in [3.63, 3.8) is 0 Å². The van der Waals surface area contributed by atoms with Gasteiger partial charge in [-0.15, -0.1) is 0 Å². The minimum absolute atomic E-state index is 0.109. The molecule has 0 spiro atoms. The van der Waals surface area contributed by atoms with Gasteiger partial charge in [-0.3, -0.25) is 4.79 Å². The maximum Gasteiger partial charge on any atom is 0.262 e. The summed E-state index contributed by atoms with van der Waals surface area (Å²) in [7, 11) is 0. The van der Waals surface area contributed by atoms with Crippen molar-refractivity contribution in [3.05, 3.63) is 23.5 Å². The maximum atomic E-state index is 12.3. The van der Waals surface area contributed by atoms with Gasteiger partial charge in [0.2, 0.25) is 0 Å². The lowest BCUT2D eigenvalue weighted by molar-refractivity contribution is -0.117. The molecule has 1 amide bonds. The van der Waals surface area contributed by atoms with E-state index in [1.54, 1.807) is 0 Å². The third-order valence-electron chi connectivity index (χ3n) is 4.62. The number of nitrogens with one attached hydrogen (secondary N) is 1. The zero-order chi connectivity index (χ0) is 16.1. The number of anilines is 1. The molecule has 0 atom stereocenters. The highest BCUT2D eigenvalue weighted by molar-refractivity contribution is 6.01. The fourth-order valence-electron chi connectivity index (χ4n) is 3.33. The molecule has 1 saturated heterocycles. The Kier molecular flexibility index (Phi) is 5.02. The van der Waals surface area contributed by atoms with Gasteiger partial charge in [-0.25, -0.2) is 0 Å². The van der Waals surface area contributed by atoms with E-state index < -0.39 is 0 Å². The van der Waals surface area contributed by atoms with Crippen LogP contribution >= 0.6 is 0 Å². The molecule has 3 rings (SSSR count). The van der Waals surface area contributed by atoms with E-state index in [1.807, 2.05) is 18.2 Å². The summed E-state index contributed by atoms with van der Waals surface area (Å²) in [6.45, 7) is 2.01. The Bertz CT molecular complexity index is 614. The van der Waals surface area contributed by atoms with Gasteiger partial charge in [0.15, 0.2) is 5.88 Å². The highest BCUT2D eigenvalue weighted by Gasteiger charge is 2.19. The molecule has 0 bridgehead atoms. The maximum absolute atomic E-state index is 12.3. The van der Waals surface area contributed by atoms with Gasteiger partial charge < -0.3 is 14.6 Å². The van der Waals surface area contributed by atoms with Crippen LogP contribution < -0.4 is 10.2 Å². The van der Waals surface area contributed by atoms with E-state index in [0.717, 1.165) is 44.7 Å². The molecule has 0 radical (unpaired) electrons. The van der Waals surface area contributed by atoms with Crippen LogP contribution in [0.5, 0.6) is 0 Å². The molecule has 2 fully saturated rings. The summed E-state index contributed by atoms with van der Waals surface area (Å²) in [6.07, 6.45) is 9.44. The molecule has 1 saturated carbocycles. The summed E-state index contributed by atoms with van der Waals surface area (Å²) >= 11 is 0. The fourth-order valence-corrected chi connectivity index (χ4v) is 3.33. The normalized spacial score (nSPS) is 19.6. The SMILES string of the molecule is N#C/C(=C/c1ccc(N2CCCC2)o1)C(=O)NC1CCCCC1. The predicted octanol–water partition coefficient (Wildman–Crippen LogP) is 3.24. The lowest BCUT2D eigenvalue weighted by Gasteiger charge is -2.22. The smallest absolute Gasteiger partial charge is 0.262 e. The number of carbonyl (C=O) groups is 1. The number of nitrogens with zero attached hydrogens (tertiary/aromatic N) is 2. The molecule has 5 heteroatoms. The van der Waals surface area contributed by atoms with E-state index >= 15 is 0 Å². The molecule has 2 aliphatic rings. The summed E-state index contributed by atoms with van der Waals surface area (Å²) in [6, 6.07) is 5.92. The topological polar surface area (TPSA) is 69.3 Å². The van der Waals surface area contributed by atoms with E-state index in [0.29, 0.717) is 5.76 Å². The number of hydrogen-bond acceptors (Lipinski definition) is 4. The first-order chi connectivity index (χ1) is 11.3. The molecule has 1 aromatic heterocycles. The number of carbonyl (C=O) groups excluding carboxylic acids is 1. The van der Waals surface area contributed by atoms with Crippen molar-refractivity contribution >= 4 is 17.9 Å². The van der Waals surface area contributed by atoms with Gasteiger partial charge in [0.25, 0.3) is 5.91 Å². The predicted molar refractivity (Wildman–Crippen MR) is 88.8 cm³/mol. The molecular weight excluding hydrogens is 290 g/mol. The van der Waals surface area contributed by atoms with Crippen LogP contribution in [0.15, 0.2) is 22.1 Å². The molecule has 1 aromatic rings. The van der Waals surface area contributed by atoms with E-state index in [9.17, 15) is 10.1 Å². The number of furan rings is 1. The minimum atomic E-state index is -0.293. The lowest BCUT2D eigenvalue weighted by atomic mass is 9.95. The van der Waals surface area contributed by atoms with Crippen molar-refractivity contribution in [3.8, 4) is 6.07 Å². The molecule has 23 heavy (non-hydrogen) atoms. The average molecular weight is 313 g/mol. The molecule has 1 aliphatic carbocycles. The zero-order valence-corrected chi connectivity index (χ0v) is 13.4. The second-order valence-electron chi connectivity index (χ2n) is 6.35. The first-order valence-electron chi connectivity index (χ1n) is 8.54. The molecule has 1 aliphatic heterocycles. The van der Waals surface area contributed by atoms with Crippen molar-refractivity contribution in [2.75, 3.05) is 18.0 Å². The van der Waals surface area contributed by atoms with Gasteiger partial charge in [0, 0.05) is 31.3 Å². The Balaban J connectivity index is 1.65. The van der Waals surface area contributed by atoms with E-state index in [1.165, 1.54) is 25.3 Å². The highest BCUT2D eigenvalue weighted by Crippen LogP contribution is 2.24. The summed E-state index contributed by atoms with van der Waals surface area (Å²) in [5.41, 5.74) is 0.109. The van der Waals surface area contributed by atoms with Crippen LogP contribution in [0.3, 0.4) is 0 Å². The third kappa shape index (κ3) is 3.95. The van der Waals surface area contributed by atoms with Gasteiger partial charge in [0.05, 0.1) is 0 Å².